The Balaban J connectivity index is 2.31. The van der Waals surface area contributed by atoms with E-state index in [0.29, 0.717) is 6.61 Å². The fraction of sp³-hybridized carbons (Fsp3) is 0.125. The second-order valence-electron chi connectivity index (χ2n) is 4.22. The Morgan fingerprint density at radius 3 is 2.59 bits per heavy atom. The predicted octanol–water partition coefficient (Wildman–Crippen LogP) is 4.44. The molecule has 0 saturated heterocycles. The zero-order chi connectivity index (χ0) is 12.3. The van der Waals surface area contributed by atoms with Crippen molar-refractivity contribution in [2.45, 2.75) is 6.92 Å². The van der Waals surface area contributed by atoms with Crippen LogP contribution in [0.2, 0.25) is 0 Å². The standard InChI is InChI=1S/C16H16O/c1-4-13-5-6-15-10-16(17-11-12(2)3)8-7-14(15)9-13/h4-10H,1-2,11H2,3H3. The van der Waals surface area contributed by atoms with E-state index in [1.54, 1.807) is 0 Å². The van der Waals surface area contributed by atoms with Gasteiger partial charge in [0.2, 0.25) is 0 Å². The highest BCUT2D eigenvalue weighted by Gasteiger charge is 1.98. The summed E-state index contributed by atoms with van der Waals surface area (Å²) in [5, 5.41) is 2.37. The summed E-state index contributed by atoms with van der Waals surface area (Å²) < 4.78 is 5.61. The van der Waals surface area contributed by atoms with Gasteiger partial charge in [0.15, 0.2) is 0 Å². The third-order valence-electron chi connectivity index (χ3n) is 2.56. The average molecular weight is 224 g/mol. The van der Waals surface area contributed by atoms with Crippen LogP contribution in [0, 0.1) is 0 Å². The van der Waals surface area contributed by atoms with Gasteiger partial charge in [-0.15, -0.1) is 0 Å². The topological polar surface area (TPSA) is 9.23 Å². The third kappa shape index (κ3) is 2.76. The van der Waals surface area contributed by atoms with Gasteiger partial charge >= 0.3 is 0 Å². The van der Waals surface area contributed by atoms with Gasteiger partial charge in [0, 0.05) is 0 Å². The minimum Gasteiger partial charge on any atom is -0.489 e. The average Bonchev–Trinajstić information content (AvgIpc) is 2.35. The zero-order valence-electron chi connectivity index (χ0n) is 10.1. The summed E-state index contributed by atoms with van der Waals surface area (Å²) in [5.74, 6) is 0.881. The molecule has 86 valence electrons. The summed E-state index contributed by atoms with van der Waals surface area (Å²) >= 11 is 0. The molecule has 2 rings (SSSR count). The molecular weight excluding hydrogens is 208 g/mol. The van der Waals surface area contributed by atoms with E-state index in [1.165, 1.54) is 10.8 Å². The smallest absolute Gasteiger partial charge is 0.120 e. The normalized spacial score (nSPS) is 10.2. The van der Waals surface area contributed by atoms with Gasteiger partial charge in [-0.1, -0.05) is 37.4 Å². The summed E-state index contributed by atoms with van der Waals surface area (Å²) in [6.07, 6.45) is 1.85. The molecule has 17 heavy (non-hydrogen) atoms. The van der Waals surface area contributed by atoms with Gasteiger partial charge in [-0.3, -0.25) is 0 Å². The van der Waals surface area contributed by atoms with Crippen molar-refractivity contribution in [2.24, 2.45) is 0 Å². The van der Waals surface area contributed by atoms with Crippen molar-refractivity contribution in [1.82, 2.24) is 0 Å². The monoisotopic (exact) mass is 224 g/mol. The molecule has 0 fully saturated rings. The lowest BCUT2D eigenvalue weighted by molar-refractivity contribution is 0.353. The van der Waals surface area contributed by atoms with Crippen molar-refractivity contribution < 1.29 is 4.74 Å². The second kappa shape index (κ2) is 4.88. The number of ether oxygens (including phenoxy) is 1. The van der Waals surface area contributed by atoms with E-state index in [1.807, 2.05) is 25.1 Å². The molecule has 0 spiro atoms. The molecule has 0 radical (unpaired) electrons. The van der Waals surface area contributed by atoms with Gasteiger partial charge < -0.3 is 4.74 Å². The number of hydrogen-bond donors (Lipinski definition) is 0. The maximum atomic E-state index is 5.61. The summed E-state index contributed by atoms with van der Waals surface area (Å²) in [6.45, 7) is 10.1. The molecule has 0 unspecified atom stereocenters. The predicted molar refractivity (Wildman–Crippen MR) is 74.3 cm³/mol. The lowest BCUT2D eigenvalue weighted by atomic mass is 10.1. The number of rotatable bonds is 4. The van der Waals surface area contributed by atoms with Crippen molar-refractivity contribution in [3.05, 3.63) is 60.7 Å². The van der Waals surface area contributed by atoms with Crippen LogP contribution in [0.25, 0.3) is 16.8 Å². The van der Waals surface area contributed by atoms with E-state index < -0.39 is 0 Å². The molecule has 0 saturated carbocycles. The number of hydrogen-bond acceptors (Lipinski definition) is 1. The quantitative estimate of drug-likeness (QED) is 0.698. The SMILES string of the molecule is C=Cc1ccc2cc(OCC(=C)C)ccc2c1. The lowest BCUT2D eigenvalue weighted by Crippen LogP contribution is -1.97. The first-order valence-corrected chi connectivity index (χ1v) is 5.62. The first kappa shape index (κ1) is 11.5. The Labute approximate surface area is 102 Å². The van der Waals surface area contributed by atoms with E-state index in [4.69, 9.17) is 4.74 Å². The van der Waals surface area contributed by atoms with Crippen molar-refractivity contribution in [3.8, 4) is 5.75 Å². The highest BCUT2D eigenvalue weighted by molar-refractivity contribution is 5.85. The minimum absolute atomic E-state index is 0.566. The molecule has 2 aromatic carbocycles. The summed E-state index contributed by atoms with van der Waals surface area (Å²) in [4.78, 5) is 0. The van der Waals surface area contributed by atoms with Crippen LogP contribution >= 0.6 is 0 Å². The highest BCUT2D eigenvalue weighted by atomic mass is 16.5. The molecule has 1 heteroatoms. The number of fused-ring (bicyclic) bond motifs is 1. The molecule has 0 aromatic heterocycles. The van der Waals surface area contributed by atoms with E-state index >= 15 is 0 Å². The van der Waals surface area contributed by atoms with Crippen LogP contribution < -0.4 is 4.74 Å². The Kier molecular flexibility index (Phi) is 3.29. The molecule has 0 N–H and O–H groups in total. The van der Waals surface area contributed by atoms with E-state index in [9.17, 15) is 0 Å². The van der Waals surface area contributed by atoms with Gasteiger partial charge in [0.05, 0.1) is 0 Å². The maximum Gasteiger partial charge on any atom is 0.120 e. The van der Waals surface area contributed by atoms with Gasteiger partial charge in [-0.2, -0.15) is 0 Å². The van der Waals surface area contributed by atoms with E-state index in [0.717, 1.165) is 16.9 Å². The summed E-state index contributed by atoms with van der Waals surface area (Å²) in [7, 11) is 0. The minimum atomic E-state index is 0.566. The Morgan fingerprint density at radius 2 is 1.88 bits per heavy atom. The second-order valence-corrected chi connectivity index (χ2v) is 4.22. The molecule has 1 nitrogen and oxygen atoms in total. The highest BCUT2D eigenvalue weighted by Crippen LogP contribution is 2.22. The van der Waals surface area contributed by atoms with Crippen molar-refractivity contribution >= 4 is 16.8 Å². The molecule has 0 atom stereocenters. The van der Waals surface area contributed by atoms with Crippen LogP contribution in [0.3, 0.4) is 0 Å². The first-order chi connectivity index (χ1) is 8.19. The van der Waals surface area contributed by atoms with Gasteiger partial charge in [0.25, 0.3) is 0 Å². The lowest BCUT2D eigenvalue weighted by Gasteiger charge is -2.07. The van der Waals surface area contributed by atoms with Crippen LogP contribution in [0.4, 0.5) is 0 Å². The fourth-order valence-corrected chi connectivity index (χ4v) is 1.67. The van der Waals surface area contributed by atoms with Crippen LogP contribution in [-0.4, -0.2) is 6.61 Å². The Morgan fingerprint density at radius 1 is 1.18 bits per heavy atom. The Hall–Kier alpha value is -2.02. The number of benzene rings is 2. The molecule has 0 aliphatic rings. The zero-order valence-corrected chi connectivity index (χ0v) is 10.1. The molecular formula is C16H16O. The molecule has 0 amide bonds. The van der Waals surface area contributed by atoms with E-state index in [2.05, 4.69) is 37.4 Å². The molecule has 0 aliphatic carbocycles. The third-order valence-corrected chi connectivity index (χ3v) is 2.56. The maximum absolute atomic E-state index is 5.61. The van der Waals surface area contributed by atoms with Gasteiger partial charge in [0.1, 0.15) is 12.4 Å². The van der Waals surface area contributed by atoms with Crippen molar-refractivity contribution in [3.63, 3.8) is 0 Å². The largest absolute Gasteiger partial charge is 0.489 e. The van der Waals surface area contributed by atoms with E-state index in [-0.39, 0.29) is 0 Å². The molecule has 2 aromatic rings. The van der Waals surface area contributed by atoms with Crippen molar-refractivity contribution in [2.75, 3.05) is 6.61 Å². The molecule has 0 aliphatic heterocycles. The summed E-state index contributed by atoms with van der Waals surface area (Å²) in [5.41, 5.74) is 2.15. The Bertz CT molecular complexity index is 567. The van der Waals surface area contributed by atoms with Crippen LogP contribution in [0.5, 0.6) is 5.75 Å². The summed E-state index contributed by atoms with van der Waals surface area (Å²) in [6, 6.07) is 12.3. The molecule has 0 heterocycles. The van der Waals surface area contributed by atoms with Gasteiger partial charge in [-0.25, -0.2) is 0 Å². The first-order valence-electron chi connectivity index (χ1n) is 5.62. The van der Waals surface area contributed by atoms with Gasteiger partial charge in [-0.05, 0) is 47.0 Å². The van der Waals surface area contributed by atoms with Crippen molar-refractivity contribution in [1.29, 1.82) is 0 Å². The van der Waals surface area contributed by atoms with Crippen LogP contribution in [0.15, 0.2) is 55.1 Å². The van der Waals surface area contributed by atoms with Crippen LogP contribution in [-0.2, 0) is 0 Å². The fourth-order valence-electron chi connectivity index (χ4n) is 1.67. The van der Waals surface area contributed by atoms with Crippen LogP contribution in [0.1, 0.15) is 12.5 Å². The molecule has 0 bridgehead atoms.